The first-order valence-electron chi connectivity index (χ1n) is 3.10. The van der Waals surface area contributed by atoms with Crippen LogP contribution in [0.15, 0.2) is 0 Å². The van der Waals surface area contributed by atoms with Crippen LogP contribution in [0.4, 0.5) is 0 Å². The van der Waals surface area contributed by atoms with Gasteiger partial charge < -0.3 is 0 Å². The molecule has 0 aliphatic carbocycles. The lowest BCUT2D eigenvalue weighted by Gasteiger charge is -2.03. The molecule has 0 saturated heterocycles. The molecule has 0 aliphatic rings. The van der Waals surface area contributed by atoms with Gasteiger partial charge in [0.2, 0.25) is 0 Å². The summed E-state index contributed by atoms with van der Waals surface area (Å²) in [5.74, 6) is 0.906. The topological polar surface area (TPSA) is 0 Å². The molecule has 0 saturated carbocycles. The standard InChI is InChI=1S/C6H14S2/c1-2-3-4-6(8)5-7/h6-8H,2-5H2,1H3. The van der Waals surface area contributed by atoms with Crippen LogP contribution in [0.1, 0.15) is 26.2 Å². The summed E-state index contributed by atoms with van der Waals surface area (Å²) in [4.78, 5) is 0. The highest BCUT2D eigenvalue weighted by molar-refractivity contribution is 7.84. The van der Waals surface area contributed by atoms with Crippen molar-refractivity contribution in [3.05, 3.63) is 0 Å². The molecular weight excluding hydrogens is 136 g/mol. The van der Waals surface area contributed by atoms with Gasteiger partial charge >= 0.3 is 0 Å². The Balaban J connectivity index is 2.86. The van der Waals surface area contributed by atoms with E-state index in [1.807, 2.05) is 0 Å². The molecular formula is C6H14S2. The van der Waals surface area contributed by atoms with Crippen LogP contribution in [0.25, 0.3) is 0 Å². The molecule has 0 bridgehead atoms. The van der Waals surface area contributed by atoms with Gasteiger partial charge in [0.25, 0.3) is 0 Å². The molecule has 0 nitrogen and oxygen atoms in total. The van der Waals surface area contributed by atoms with Gasteiger partial charge in [0.1, 0.15) is 0 Å². The first-order chi connectivity index (χ1) is 3.81. The molecule has 0 aromatic heterocycles. The molecule has 0 radical (unpaired) electrons. The monoisotopic (exact) mass is 150 g/mol. The van der Waals surface area contributed by atoms with Crippen molar-refractivity contribution < 1.29 is 0 Å². The van der Waals surface area contributed by atoms with Gasteiger partial charge in [-0.25, -0.2) is 0 Å². The number of hydrogen-bond donors (Lipinski definition) is 2. The fraction of sp³-hybridized carbons (Fsp3) is 1.00. The second-order valence-corrected chi connectivity index (χ2v) is 3.07. The van der Waals surface area contributed by atoms with Crippen molar-refractivity contribution >= 4 is 25.3 Å². The first-order valence-corrected chi connectivity index (χ1v) is 4.25. The van der Waals surface area contributed by atoms with Crippen LogP contribution >= 0.6 is 25.3 Å². The Kier molecular flexibility index (Phi) is 6.34. The van der Waals surface area contributed by atoms with Gasteiger partial charge in [0.05, 0.1) is 0 Å². The van der Waals surface area contributed by atoms with E-state index < -0.39 is 0 Å². The van der Waals surface area contributed by atoms with Crippen molar-refractivity contribution in [3.8, 4) is 0 Å². The van der Waals surface area contributed by atoms with Crippen LogP contribution in [-0.2, 0) is 0 Å². The van der Waals surface area contributed by atoms with Crippen molar-refractivity contribution in [2.24, 2.45) is 0 Å². The first kappa shape index (κ1) is 8.70. The van der Waals surface area contributed by atoms with E-state index in [4.69, 9.17) is 0 Å². The minimum atomic E-state index is 0.512. The summed E-state index contributed by atoms with van der Waals surface area (Å²) >= 11 is 8.40. The second kappa shape index (κ2) is 5.83. The maximum Gasteiger partial charge on any atom is 0.0105 e. The summed E-state index contributed by atoms with van der Waals surface area (Å²) in [6.45, 7) is 2.19. The quantitative estimate of drug-likeness (QED) is 0.565. The fourth-order valence-corrected chi connectivity index (χ4v) is 0.896. The smallest absolute Gasteiger partial charge is 0.0105 e. The average molecular weight is 150 g/mol. The Bertz CT molecular complexity index is 45.8. The highest BCUT2D eigenvalue weighted by Gasteiger charge is 1.96. The zero-order valence-electron chi connectivity index (χ0n) is 5.30. The van der Waals surface area contributed by atoms with E-state index in [-0.39, 0.29) is 0 Å². The van der Waals surface area contributed by atoms with Crippen molar-refractivity contribution in [2.45, 2.75) is 31.4 Å². The van der Waals surface area contributed by atoms with Crippen molar-refractivity contribution in [2.75, 3.05) is 5.75 Å². The lowest BCUT2D eigenvalue weighted by atomic mass is 10.2. The molecule has 0 N–H and O–H groups in total. The number of thiol groups is 2. The molecule has 0 spiro atoms. The van der Waals surface area contributed by atoms with Crippen molar-refractivity contribution in [3.63, 3.8) is 0 Å². The summed E-state index contributed by atoms with van der Waals surface area (Å²) in [5, 5.41) is 0.512. The van der Waals surface area contributed by atoms with Crippen LogP contribution in [-0.4, -0.2) is 11.0 Å². The summed E-state index contributed by atoms with van der Waals surface area (Å²) in [5.41, 5.74) is 0. The Morgan fingerprint density at radius 3 is 2.50 bits per heavy atom. The summed E-state index contributed by atoms with van der Waals surface area (Å²) in [6.07, 6.45) is 3.77. The van der Waals surface area contributed by atoms with Crippen LogP contribution in [0.5, 0.6) is 0 Å². The maximum absolute atomic E-state index is 4.29. The van der Waals surface area contributed by atoms with Gasteiger partial charge in [-0.1, -0.05) is 19.8 Å². The van der Waals surface area contributed by atoms with Crippen LogP contribution in [0.3, 0.4) is 0 Å². The van der Waals surface area contributed by atoms with E-state index in [0.717, 1.165) is 5.75 Å². The molecule has 0 amide bonds. The molecule has 0 aromatic rings. The maximum atomic E-state index is 4.29. The van der Waals surface area contributed by atoms with Gasteiger partial charge in [0, 0.05) is 11.0 Å². The molecule has 0 heterocycles. The van der Waals surface area contributed by atoms with Gasteiger partial charge in [-0.2, -0.15) is 25.3 Å². The van der Waals surface area contributed by atoms with Crippen molar-refractivity contribution in [1.29, 1.82) is 0 Å². The highest BCUT2D eigenvalue weighted by Crippen LogP contribution is 2.07. The van der Waals surface area contributed by atoms with E-state index in [2.05, 4.69) is 32.2 Å². The second-order valence-electron chi connectivity index (χ2n) is 1.98. The predicted molar refractivity (Wildman–Crippen MR) is 46.2 cm³/mol. The zero-order chi connectivity index (χ0) is 6.41. The summed E-state index contributed by atoms with van der Waals surface area (Å²) in [6, 6.07) is 0. The molecule has 0 aromatic carbocycles. The Morgan fingerprint density at radius 2 is 2.12 bits per heavy atom. The number of hydrogen-bond acceptors (Lipinski definition) is 2. The molecule has 0 rings (SSSR count). The van der Waals surface area contributed by atoms with Crippen LogP contribution in [0, 0.1) is 0 Å². The molecule has 1 unspecified atom stereocenters. The minimum Gasteiger partial charge on any atom is -0.178 e. The highest BCUT2D eigenvalue weighted by atomic mass is 32.1. The normalized spacial score (nSPS) is 13.9. The van der Waals surface area contributed by atoms with Gasteiger partial charge in [-0.15, -0.1) is 0 Å². The molecule has 2 heteroatoms. The average Bonchev–Trinajstić information content (AvgIpc) is 1.83. The van der Waals surface area contributed by atoms with E-state index >= 15 is 0 Å². The van der Waals surface area contributed by atoms with Crippen LogP contribution < -0.4 is 0 Å². The minimum absolute atomic E-state index is 0.512. The van der Waals surface area contributed by atoms with E-state index in [9.17, 15) is 0 Å². The van der Waals surface area contributed by atoms with Gasteiger partial charge in [-0.05, 0) is 6.42 Å². The summed E-state index contributed by atoms with van der Waals surface area (Å²) in [7, 11) is 0. The Hall–Kier alpha value is 0.700. The summed E-state index contributed by atoms with van der Waals surface area (Å²) < 4.78 is 0. The van der Waals surface area contributed by atoms with E-state index in [1.165, 1.54) is 19.3 Å². The van der Waals surface area contributed by atoms with Gasteiger partial charge in [-0.3, -0.25) is 0 Å². The largest absolute Gasteiger partial charge is 0.178 e. The fourth-order valence-electron chi connectivity index (χ4n) is 0.531. The lowest BCUT2D eigenvalue weighted by Crippen LogP contribution is -1.98. The molecule has 1 atom stereocenters. The SMILES string of the molecule is CCCCC(S)CS. The lowest BCUT2D eigenvalue weighted by molar-refractivity contribution is 0.720. The third-order valence-electron chi connectivity index (χ3n) is 1.10. The number of unbranched alkanes of at least 4 members (excludes halogenated alkanes) is 1. The molecule has 0 fully saturated rings. The molecule has 8 heavy (non-hydrogen) atoms. The predicted octanol–water partition coefficient (Wildman–Crippen LogP) is 2.40. The van der Waals surface area contributed by atoms with Gasteiger partial charge in [0.15, 0.2) is 0 Å². The van der Waals surface area contributed by atoms with Crippen molar-refractivity contribution in [1.82, 2.24) is 0 Å². The van der Waals surface area contributed by atoms with E-state index in [1.54, 1.807) is 0 Å². The number of rotatable bonds is 4. The third kappa shape index (κ3) is 4.85. The third-order valence-corrected chi connectivity index (χ3v) is 2.27. The Labute approximate surface area is 62.9 Å². The van der Waals surface area contributed by atoms with Crippen LogP contribution in [0.2, 0.25) is 0 Å². The zero-order valence-corrected chi connectivity index (χ0v) is 7.09. The van der Waals surface area contributed by atoms with E-state index in [0.29, 0.717) is 5.25 Å². The Morgan fingerprint density at radius 1 is 1.50 bits per heavy atom. The molecule has 50 valence electrons. The molecule has 0 aliphatic heterocycles.